The Hall–Kier alpha value is -0.390. The summed E-state index contributed by atoms with van der Waals surface area (Å²) < 4.78 is 28.7. The lowest BCUT2D eigenvalue weighted by Crippen LogP contribution is -2.48. The van der Waals surface area contributed by atoms with Crippen LogP contribution in [0.3, 0.4) is 0 Å². The first-order chi connectivity index (χ1) is 10.2. The second kappa shape index (κ2) is 6.80. The van der Waals surface area contributed by atoms with Crippen molar-refractivity contribution >= 4 is 21.4 Å². The molecule has 1 aromatic heterocycles. The van der Waals surface area contributed by atoms with Gasteiger partial charge in [-0.2, -0.15) is 4.31 Å². The molecule has 21 heavy (non-hydrogen) atoms. The first-order valence-electron chi connectivity index (χ1n) is 8.26. The van der Waals surface area contributed by atoms with Crippen molar-refractivity contribution in [2.75, 3.05) is 0 Å². The summed E-state index contributed by atoms with van der Waals surface area (Å²) in [5.41, 5.74) is 0. The minimum atomic E-state index is -3.31. The van der Waals surface area contributed by atoms with Gasteiger partial charge < -0.3 is 0 Å². The standard InChI is InChI=1S/C16H25NO2S2/c18-21(19,16-12-7-13-20-16)17(14-8-3-1-4-9-14)15-10-5-2-6-11-15/h7,12-15H,1-6,8-11H2. The van der Waals surface area contributed by atoms with Crippen LogP contribution in [0, 0.1) is 0 Å². The maximum atomic E-state index is 13.1. The normalized spacial score (nSPS) is 22.7. The molecule has 0 aromatic carbocycles. The Morgan fingerprint density at radius 3 is 1.86 bits per heavy atom. The molecule has 0 atom stereocenters. The predicted octanol–water partition coefficient (Wildman–Crippen LogP) is 4.40. The van der Waals surface area contributed by atoms with E-state index in [1.807, 2.05) is 15.8 Å². The molecule has 5 heteroatoms. The van der Waals surface area contributed by atoms with Crippen LogP contribution in [0.15, 0.2) is 21.7 Å². The molecule has 2 saturated carbocycles. The monoisotopic (exact) mass is 327 g/mol. The van der Waals surface area contributed by atoms with Crippen molar-refractivity contribution in [2.24, 2.45) is 0 Å². The third kappa shape index (κ3) is 3.35. The summed E-state index contributed by atoms with van der Waals surface area (Å²) in [4.78, 5) is 0. The third-order valence-corrected chi connectivity index (χ3v) is 8.27. The van der Waals surface area contributed by atoms with Gasteiger partial charge >= 0.3 is 0 Å². The molecule has 0 unspecified atom stereocenters. The summed E-state index contributed by atoms with van der Waals surface area (Å²) in [6.45, 7) is 0. The molecule has 2 aliphatic carbocycles. The highest BCUT2D eigenvalue weighted by molar-refractivity contribution is 7.91. The van der Waals surface area contributed by atoms with Gasteiger partial charge in [0.1, 0.15) is 4.21 Å². The SMILES string of the molecule is O=S(=O)(c1cccs1)N(C1CCCCC1)C1CCCCC1. The van der Waals surface area contributed by atoms with E-state index in [2.05, 4.69) is 0 Å². The lowest BCUT2D eigenvalue weighted by molar-refractivity contribution is 0.170. The molecular weight excluding hydrogens is 302 g/mol. The Labute approximate surface area is 132 Å². The van der Waals surface area contributed by atoms with E-state index in [0.717, 1.165) is 25.7 Å². The third-order valence-electron chi connectivity index (χ3n) is 4.90. The predicted molar refractivity (Wildman–Crippen MR) is 87.1 cm³/mol. The van der Waals surface area contributed by atoms with Gasteiger partial charge in [0.25, 0.3) is 10.0 Å². The molecule has 2 aliphatic rings. The van der Waals surface area contributed by atoms with Crippen LogP contribution >= 0.6 is 11.3 Å². The van der Waals surface area contributed by atoms with Crippen LogP contribution in [0.1, 0.15) is 64.2 Å². The molecule has 1 heterocycles. The van der Waals surface area contributed by atoms with Gasteiger partial charge in [-0.1, -0.05) is 44.6 Å². The highest BCUT2D eigenvalue weighted by atomic mass is 32.2. The molecule has 0 amide bonds. The summed E-state index contributed by atoms with van der Waals surface area (Å²) in [5, 5.41) is 1.87. The van der Waals surface area contributed by atoms with Gasteiger partial charge in [0.2, 0.25) is 0 Å². The largest absolute Gasteiger partial charge is 0.253 e. The van der Waals surface area contributed by atoms with Crippen LogP contribution in [0.5, 0.6) is 0 Å². The number of thiophene rings is 1. The van der Waals surface area contributed by atoms with E-state index < -0.39 is 10.0 Å². The van der Waals surface area contributed by atoms with Crippen molar-refractivity contribution in [1.82, 2.24) is 4.31 Å². The summed E-state index contributed by atoms with van der Waals surface area (Å²) in [7, 11) is -3.31. The van der Waals surface area contributed by atoms with Gasteiger partial charge in [0.15, 0.2) is 0 Å². The molecule has 0 spiro atoms. The van der Waals surface area contributed by atoms with Crippen molar-refractivity contribution in [2.45, 2.75) is 80.5 Å². The Bertz CT molecular complexity index is 509. The van der Waals surface area contributed by atoms with Crippen LogP contribution in [-0.4, -0.2) is 24.8 Å². The fourth-order valence-electron chi connectivity index (χ4n) is 3.88. The quantitative estimate of drug-likeness (QED) is 0.821. The lowest BCUT2D eigenvalue weighted by Gasteiger charge is -2.40. The second-order valence-electron chi connectivity index (χ2n) is 6.35. The number of hydrogen-bond acceptors (Lipinski definition) is 3. The first-order valence-corrected chi connectivity index (χ1v) is 10.6. The van der Waals surface area contributed by atoms with E-state index in [1.165, 1.54) is 49.9 Å². The Morgan fingerprint density at radius 1 is 0.905 bits per heavy atom. The van der Waals surface area contributed by atoms with Gasteiger partial charge in [0.05, 0.1) is 0 Å². The lowest BCUT2D eigenvalue weighted by atomic mass is 9.91. The average Bonchev–Trinajstić information content (AvgIpc) is 3.04. The van der Waals surface area contributed by atoms with Crippen molar-refractivity contribution in [3.05, 3.63) is 17.5 Å². The topological polar surface area (TPSA) is 37.4 Å². The molecule has 3 rings (SSSR count). The maximum Gasteiger partial charge on any atom is 0.253 e. The van der Waals surface area contributed by atoms with E-state index in [9.17, 15) is 8.42 Å². The zero-order valence-corrected chi connectivity index (χ0v) is 14.2. The zero-order valence-electron chi connectivity index (χ0n) is 12.5. The molecular formula is C16H25NO2S2. The fourth-order valence-corrected chi connectivity index (χ4v) is 6.90. The van der Waals surface area contributed by atoms with Crippen molar-refractivity contribution in [1.29, 1.82) is 0 Å². The van der Waals surface area contributed by atoms with Gasteiger partial charge in [-0.15, -0.1) is 11.3 Å². The van der Waals surface area contributed by atoms with Gasteiger partial charge in [0, 0.05) is 12.1 Å². The van der Waals surface area contributed by atoms with Crippen LogP contribution in [0.2, 0.25) is 0 Å². The van der Waals surface area contributed by atoms with Crippen molar-refractivity contribution in [3.8, 4) is 0 Å². The van der Waals surface area contributed by atoms with E-state index in [-0.39, 0.29) is 12.1 Å². The minimum Gasteiger partial charge on any atom is -0.206 e. The van der Waals surface area contributed by atoms with E-state index in [0.29, 0.717) is 4.21 Å². The van der Waals surface area contributed by atoms with Crippen LogP contribution in [0.25, 0.3) is 0 Å². The highest BCUT2D eigenvalue weighted by Gasteiger charge is 2.38. The minimum absolute atomic E-state index is 0.231. The van der Waals surface area contributed by atoms with E-state index in [4.69, 9.17) is 0 Å². The second-order valence-corrected chi connectivity index (χ2v) is 9.37. The number of nitrogens with zero attached hydrogens (tertiary/aromatic N) is 1. The van der Waals surface area contributed by atoms with Crippen LogP contribution in [-0.2, 0) is 10.0 Å². The van der Waals surface area contributed by atoms with E-state index in [1.54, 1.807) is 6.07 Å². The molecule has 1 aromatic rings. The fraction of sp³-hybridized carbons (Fsp3) is 0.750. The summed E-state index contributed by atoms with van der Waals surface area (Å²) in [5.74, 6) is 0. The van der Waals surface area contributed by atoms with Crippen molar-refractivity contribution in [3.63, 3.8) is 0 Å². The number of rotatable bonds is 4. The Morgan fingerprint density at radius 2 is 1.43 bits per heavy atom. The molecule has 0 bridgehead atoms. The number of hydrogen-bond donors (Lipinski definition) is 0. The smallest absolute Gasteiger partial charge is 0.206 e. The van der Waals surface area contributed by atoms with Crippen LogP contribution in [0.4, 0.5) is 0 Å². The molecule has 0 N–H and O–H groups in total. The van der Waals surface area contributed by atoms with Crippen molar-refractivity contribution < 1.29 is 8.42 Å². The van der Waals surface area contributed by atoms with Gasteiger partial charge in [-0.3, -0.25) is 0 Å². The first kappa shape index (κ1) is 15.5. The molecule has 2 fully saturated rings. The number of sulfonamides is 1. The Kier molecular flexibility index (Phi) is 5.02. The maximum absolute atomic E-state index is 13.1. The van der Waals surface area contributed by atoms with Gasteiger partial charge in [-0.25, -0.2) is 8.42 Å². The molecule has 0 radical (unpaired) electrons. The van der Waals surface area contributed by atoms with Crippen LogP contribution < -0.4 is 0 Å². The summed E-state index contributed by atoms with van der Waals surface area (Å²) in [6, 6.07) is 4.07. The summed E-state index contributed by atoms with van der Waals surface area (Å²) >= 11 is 1.36. The summed E-state index contributed by atoms with van der Waals surface area (Å²) in [6.07, 6.45) is 11.4. The molecule has 118 valence electrons. The average molecular weight is 328 g/mol. The van der Waals surface area contributed by atoms with Gasteiger partial charge in [-0.05, 0) is 37.1 Å². The Balaban J connectivity index is 1.90. The molecule has 0 aliphatic heterocycles. The highest BCUT2D eigenvalue weighted by Crippen LogP contribution is 2.35. The molecule has 0 saturated heterocycles. The van der Waals surface area contributed by atoms with E-state index >= 15 is 0 Å². The molecule has 3 nitrogen and oxygen atoms in total. The zero-order chi connectivity index (χ0) is 14.7.